The number of rotatable bonds is 5. The Bertz CT molecular complexity index is 1130. The molecule has 1 amide bonds. The second kappa shape index (κ2) is 9.58. The van der Waals surface area contributed by atoms with Crippen LogP contribution in [0.4, 0.5) is 20.2 Å². The van der Waals surface area contributed by atoms with Crippen LogP contribution >= 0.6 is 0 Å². The number of carbonyl (C=O) groups excluding carboxylic acids is 1. The lowest BCUT2D eigenvalue weighted by molar-refractivity contribution is 0.102. The van der Waals surface area contributed by atoms with Crippen molar-refractivity contribution < 1.29 is 13.6 Å². The molecular weight excluding hydrogens is 410 g/mol. The summed E-state index contributed by atoms with van der Waals surface area (Å²) < 4.78 is 27.1. The average Bonchev–Trinajstić information content (AvgIpc) is 2.81. The fourth-order valence-corrected chi connectivity index (χ4v) is 3.74. The number of nitrogens with zero attached hydrogens (tertiary/aromatic N) is 3. The first-order valence-electron chi connectivity index (χ1n) is 10.3. The van der Waals surface area contributed by atoms with Crippen molar-refractivity contribution in [3.8, 4) is 6.07 Å². The van der Waals surface area contributed by atoms with Crippen molar-refractivity contribution in [3.05, 3.63) is 95.1 Å². The van der Waals surface area contributed by atoms with Gasteiger partial charge >= 0.3 is 0 Å². The first-order valence-corrected chi connectivity index (χ1v) is 10.3. The molecule has 3 aromatic carbocycles. The smallest absolute Gasteiger partial charge is 0.258 e. The van der Waals surface area contributed by atoms with Crippen LogP contribution in [0.5, 0.6) is 0 Å². The van der Waals surface area contributed by atoms with Gasteiger partial charge in [-0.25, -0.2) is 8.78 Å². The summed E-state index contributed by atoms with van der Waals surface area (Å²) in [4.78, 5) is 17.0. The molecule has 0 spiro atoms. The van der Waals surface area contributed by atoms with Gasteiger partial charge in [0.25, 0.3) is 5.91 Å². The molecule has 0 aliphatic carbocycles. The van der Waals surface area contributed by atoms with Gasteiger partial charge in [-0.05, 0) is 60.2 Å². The number of piperazine rings is 1. The van der Waals surface area contributed by atoms with Crippen molar-refractivity contribution >= 4 is 17.3 Å². The molecule has 7 heteroatoms. The third-order valence-electron chi connectivity index (χ3n) is 5.52. The number of halogens is 2. The molecule has 0 aromatic heterocycles. The van der Waals surface area contributed by atoms with E-state index in [0.717, 1.165) is 50.0 Å². The third kappa shape index (κ3) is 5.10. The van der Waals surface area contributed by atoms with Crippen LogP contribution in [0.25, 0.3) is 0 Å². The van der Waals surface area contributed by atoms with E-state index >= 15 is 0 Å². The number of amides is 1. The van der Waals surface area contributed by atoms with Crippen molar-refractivity contribution in [2.45, 2.75) is 6.54 Å². The zero-order valence-corrected chi connectivity index (χ0v) is 17.4. The van der Waals surface area contributed by atoms with Crippen LogP contribution in [-0.4, -0.2) is 37.0 Å². The SMILES string of the molecule is N#Cc1ccc(C(=O)Nc2ccc(N3CCN(Cc4ccc(F)cc4)CC3)cc2)c(F)c1. The molecule has 0 unspecified atom stereocenters. The number of nitriles is 1. The summed E-state index contributed by atoms with van der Waals surface area (Å²) in [6.07, 6.45) is 0. The summed E-state index contributed by atoms with van der Waals surface area (Å²) in [6, 6.07) is 19.7. The lowest BCUT2D eigenvalue weighted by Gasteiger charge is -2.36. The van der Waals surface area contributed by atoms with E-state index in [1.807, 2.05) is 30.3 Å². The molecule has 1 N–H and O–H groups in total. The van der Waals surface area contributed by atoms with E-state index < -0.39 is 11.7 Å². The van der Waals surface area contributed by atoms with E-state index in [9.17, 15) is 13.6 Å². The molecule has 1 aliphatic rings. The van der Waals surface area contributed by atoms with Crippen LogP contribution in [0.2, 0.25) is 0 Å². The third-order valence-corrected chi connectivity index (χ3v) is 5.52. The van der Waals surface area contributed by atoms with Gasteiger partial charge in [-0.2, -0.15) is 5.26 Å². The van der Waals surface area contributed by atoms with Crippen molar-refractivity contribution in [3.63, 3.8) is 0 Å². The molecule has 1 aliphatic heterocycles. The quantitative estimate of drug-likeness (QED) is 0.649. The van der Waals surface area contributed by atoms with Crippen LogP contribution in [-0.2, 0) is 6.54 Å². The average molecular weight is 432 g/mol. The molecule has 1 saturated heterocycles. The molecule has 0 radical (unpaired) electrons. The minimum atomic E-state index is -0.725. The maximum atomic E-state index is 14.0. The molecule has 0 bridgehead atoms. The largest absolute Gasteiger partial charge is 0.369 e. The van der Waals surface area contributed by atoms with E-state index in [4.69, 9.17) is 5.26 Å². The highest BCUT2D eigenvalue weighted by Crippen LogP contribution is 2.21. The Labute approximate surface area is 185 Å². The summed E-state index contributed by atoms with van der Waals surface area (Å²) in [7, 11) is 0. The fourth-order valence-electron chi connectivity index (χ4n) is 3.74. The molecule has 5 nitrogen and oxygen atoms in total. The zero-order chi connectivity index (χ0) is 22.5. The number of benzene rings is 3. The molecular formula is C25H22F2N4O. The highest BCUT2D eigenvalue weighted by atomic mass is 19.1. The molecule has 0 saturated carbocycles. The fraction of sp³-hybridized carbons (Fsp3) is 0.200. The molecule has 1 heterocycles. The predicted octanol–water partition coefficient (Wildman–Crippen LogP) is 4.41. The van der Waals surface area contributed by atoms with Gasteiger partial charge in [-0.15, -0.1) is 0 Å². The topological polar surface area (TPSA) is 59.4 Å². The Kier molecular flexibility index (Phi) is 6.43. The Hall–Kier alpha value is -3.76. The molecule has 0 atom stereocenters. The number of carbonyl (C=O) groups is 1. The van der Waals surface area contributed by atoms with Crippen LogP contribution < -0.4 is 10.2 Å². The Balaban J connectivity index is 1.31. The molecule has 162 valence electrons. The molecule has 3 aromatic rings. The molecule has 1 fully saturated rings. The van der Waals surface area contributed by atoms with Crippen molar-refractivity contribution in [2.75, 3.05) is 36.4 Å². The van der Waals surface area contributed by atoms with Crippen LogP contribution in [0.1, 0.15) is 21.5 Å². The lowest BCUT2D eigenvalue weighted by atomic mass is 10.1. The van der Waals surface area contributed by atoms with Gasteiger partial charge in [0, 0.05) is 44.1 Å². The van der Waals surface area contributed by atoms with Crippen molar-refractivity contribution in [1.82, 2.24) is 4.90 Å². The van der Waals surface area contributed by atoms with Crippen molar-refractivity contribution in [1.29, 1.82) is 5.26 Å². The normalized spacial score (nSPS) is 14.1. The number of nitrogens with one attached hydrogen (secondary N) is 1. The maximum Gasteiger partial charge on any atom is 0.258 e. The van der Waals surface area contributed by atoms with Gasteiger partial charge in [0.05, 0.1) is 17.2 Å². The minimum absolute atomic E-state index is 0.106. The van der Waals surface area contributed by atoms with Gasteiger partial charge < -0.3 is 10.2 Å². The Morgan fingerprint density at radius 2 is 1.62 bits per heavy atom. The monoisotopic (exact) mass is 432 g/mol. The van der Waals surface area contributed by atoms with Crippen molar-refractivity contribution in [2.24, 2.45) is 0 Å². The standard InChI is InChI=1S/C25H22F2N4O/c26-20-4-1-18(2-5-20)17-30-11-13-31(14-12-30)22-8-6-21(7-9-22)29-25(32)23-10-3-19(16-28)15-24(23)27/h1-10,15H,11-14,17H2,(H,29,32). The highest BCUT2D eigenvalue weighted by molar-refractivity contribution is 6.04. The first kappa shape index (κ1) is 21.5. The second-order valence-corrected chi connectivity index (χ2v) is 7.70. The van der Waals surface area contributed by atoms with Gasteiger partial charge in [-0.1, -0.05) is 12.1 Å². The maximum absolute atomic E-state index is 14.0. The van der Waals surface area contributed by atoms with E-state index in [1.54, 1.807) is 12.1 Å². The van der Waals surface area contributed by atoms with Gasteiger partial charge in [0.15, 0.2) is 0 Å². The second-order valence-electron chi connectivity index (χ2n) is 7.70. The van der Waals surface area contributed by atoms with Gasteiger partial charge in [0.1, 0.15) is 11.6 Å². The summed E-state index contributed by atoms with van der Waals surface area (Å²) >= 11 is 0. The summed E-state index contributed by atoms with van der Waals surface area (Å²) in [5.74, 6) is -1.51. The highest BCUT2D eigenvalue weighted by Gasteiger charge is 2.18. The number of hydrogen-bond acceptors (Lipinski definition) is 4. The summed E-state index contributed by atoms with van der Waals surface area (Å²) in [6.45, 7) is 4.32. The summed E-state index contributed by atoms with van der Waals surface area (Å²) in [5, 5.41) is 11.5. The summed E-state index contributed by atoms with van der Waals surface area (Å²) in [5.41, 5.74) is 2.77. The van der Waals surface area contributed by atoms with Crippen LogP contribution in [0, 0.1) is 23.0 Å². The Morgan fingerprint density at radius 1 is 0.938 bits per heavy atom. The minimum Gasteiger partial charge on any atom is -0.369 e. The molecule has 32 heavy (non-hydrogen) atoms. The Morgan fingerprint density at radius 3 is 2.25 bits per heavy atom. The van der Waals surface area contributed by atoms with Crippen LogP contribution in [0.15, 0.2) is 66.7 Å². The van der Waals surface area contributed by atoms with Gasteiger partial charge in [-0.3, -0.25) is 9.69 Å². The van der Waals surface area contributed by atoms with E-state index in [2.05, 4.69) is 15.1 Å². The predicted molar refractivity (Wildman–Crippen MR) is 119 cm³/mol. The van der Waals surface area contributed by atoms with E-state index in [-0.39, 0.29) is 16.9 Å². The van der Waals surface area contributed by atoms with Crippen LogP contribution in [0.3, 0.4) is 0 Å². The van der Waals surface area contributed by atoms with E-state index in [1.165, 1.54) is 24.3 Å². The van der Waals surface area contributed by atoms with E-state index in [0.29, 0.717) is 5.69 Å². The first-order chi connectivity index (χ1) is 15.5. The number of anilines is 2. The zero-order valence-electron chi connectivity index (χ0n) is 17.4. The lowest BCUT2D eigenvalue weighted by Crippen LogP contribution is -2.45. The molecule has 4 rings (SSSR count). The van der Waals surface area contributed by atoms with Gasteiger partial charge in [0.2, 0.25) is 0 Å². The number of hydrogen-bond donors (Lipinski definition) is 1.